The Labute approximate surface area is 377 Å². The van der Waals surface area contributed by atoms with Crippen molar-refractivity contribution < 1.29 is 53.3 Å². The van der Waals surface area contributed by atoms with E-state index in [-0.39, 0.29) is 51.8 Å². The van der Waals surface area contributed by atoms with Crippen LogP contribution in [0.25, 0.3) is 0 Å². The zero-order valence-electron chi connectivity index (χ0n) is 38.2. The second kappa shape index (κ2) is 34.8. The van der Waals surface area contributed by atoms with Crippen LogP contribution in [0.2, 0.25) is 0 Å². The first-order valence-electron chi connectivity index (χ1n) is 22.4. The molecule has 0 bridgehead atoms. The molecule has 0 aromatic carbocycles. The number of amides is 7. The van der Waals surface area contributed by atoms with Crippen LogP contribution in [-0.2, 0) is 43.1 Å². The molecule has 7 amide bonds. The number of carbonyl (C=O) groups excluding carboxylic acids is 7. The minimum atomic E-state index is -1.51. The van der Waals surface area contributed by atoms with Crippen molar-refractivity contribution in [2.24, 2.45) is 28.7 Å². The van der Waals surface area contributed by atoms with E-state index in [1.165, 1.54) is 0 Å². The van der Waals surface area contributed by atoms with Crippen LogP contribution in [0.1, 0.15) is 117 Å². The maximum Gasteiger partial charge on any atom is 0.326 e. The maximum absolute atomic E-state index is 14.0. The monoisotopic (exact) mass is 917 g/mol. The van der Waals surface area contributed by atoms with Gasteiger partial charge in [0.15, 0.2) is 0 Å². The summed E-state index contributed by atoms with van der Waals surface area (Å²) in [7, 11) is 0. The first kappa shape index (κ1) is 59.5. The standard InChI is InChI=1S/C41H80N12O11/c1-41(2,3)64-26-34(56)47-24-33(55)48-32(25-54)39(61)52-29(16-6-11-21-44)37(59)50-27(14-4-9-19-42)35(57)49-28(15-5-10-20-43)36(58)51-30(17-7-12-22-45)38(60)53-31(40(62)63)18-8-13-23-46/h27-32,54H,4-26,42-46H2,1-3H3,(H,47,56)(H,48,55)(H,49,57)(H,50,59)(H,51,58)(H,52,61)(H,53,60)(H,62,63)/t27-,28-,29-,30-,31-,32-/m0/s1. The Kier molecular flexibility index (Phi) is 32.4. The second-order valence-electron chi connectivity index (χ2n) is 16.5. The van der Waals surface area contributed by atoms with E-state index in [1.54, 1.807) is 20.8 Å². The molecule has 23 heteroatoms. The van der Waals surface area contributed by atoms with Gasteiger partial charge in [-0.3, -0.25) is 33.6 Å². The number of carbonyl (C=O) groups is 8. The van der Waals surface area contributed by atoms with Gasteiger partial charge in [-0.25, -0.2) is 4.79 Å². The van der Waals surface area contributed by atoms with Crippen LogP contribution in [0.4, 0.5) is 0 Å². The molecule has 0 aromatic heterocycles. The first-order valence-corrected chi connectivity index (χ1v) is 22.4. The Hall–Kier alpha value is -4.52. The normalized spacial score (nSPS) is 14.1. The van der Waals surface area contributed by atoms with Gasteiger partial charge in [0.1, 0.15) is 42.9 Å². The highest BCUT2D eigenvalue weighted by Crippen LogP contribution is 2.11. The first-order chi connectivity index (χ1) is 30.4. The molecule has 6 atom stereocenters. The van der Waals surface area contributed by atoms with E-state index in [1.807, 2.05) is 0 Å². The minimum Gasteiger partial charge on any atom is -0.480 e. The third-order valence-corrected chi connectivity index (χ3v) is 9.80. The lowest BCUT2D eigenvalue weighted by molar-refractivity contribution is -0.142. The molecule has 0 aliphatic rings. The van der Waals surface area contributed by atoms with Crippen molar-refractivity contribution in [3.05, 3.63) is 0 Å². The summed E-state index contributed by atoms with van der Waals surface area (Å²) >= 11 is 0. The summed E-state index contributed by atoms with van der Waals surface area (Å²) in [5.41, 5.74) is 27.7. The number of unbranched alkanes of at least 4 members (excludes halogenated alkanes) is 5. The van der Waals surface area contributed by atoms with E-state index in [0.29, 0.717) is 83.8 Å². The lowest BCUT2D eigenvalue weighted by Gasteiger charge is -2.27. The molecule has 64 heavy (non-hydrogen) atoms. The Bertz CT molecular complexity index is 1420. The van der Waals surface area contributed by atoms with E-state index < -0.39 is 102 Å². The molecule has 0 fully saturated rings. The Morgan fingerprint density at radius 1 is 0.453 bits per heavy atom. The van der Waals surface area contributed by atoms with Crippen LogP contribution < -0.4 is 65.9 Å². The summed E-state index contributed by atoms with van der Waals surface area (Å²) in [5, 5.41) is 37.5. The van der Waals surface area contributed by atoms with Gasteiger partial charge in [0, 0.05) is 0 Å². The number of rotatable bonds is 37. The molecule has 0 aromatic rings. The number of carboxylic acid groups (broad SMARTS) is 1. The number of carboxylic acids is 1. The van der Waals surface area contributed by atoms with Crippen LogP contribution in [0.3, 0.4) is 0 Å². The molecule has 0 unspecified atom stereocenters. The molecule has 0 aliphatic carbocycles. The lowest BCUT2D eigenvalue weighted by Crippen LogP contribution is -2.60. The van der Waals surface area contributed by atoms with Crippen molar-refractivity contribution in [1.29, 1.82) is 0 Å². The number of aliphatic hydroxyl groups excluding tert-OH is 1. The van der Waals surface area contributed by atoms with E-state index >= 15 is 0 Å². The highest BCUT2D eigenvalue weighted by atomic mass is 16.5. The Balaban J connectivity index is 6.29. The van der Waals surface area contributed by atoms with Gasteiger partial charge in [-0.2, -0.15) is 0 Å². The second-order valence-corrected chi connectivity index (χ2v) is 16.5. The molecule has 19 N–H and O–H groups in total. The van der Waals surface area contributed by atoms with Crippen molar-refractivity contribution >= 4 is 47.3 Å². The lowest BCUT2D eigenvalue weighted by atomic mass is 10.0. The van der Waals surface area contributed by atoms with Crippen LogP contribution in [-0.4, -0.2) is 152 Å². The van der Waals surface area contributed by atoms with Crippen molar-refractivity contribution in [1.82, 2.24) is 37.2 Å². The zero-order valence-corrected chi connectivity index (χ0v) is 38.2. The van der Waals surface area contributed by atoms with Gasteiger partial charge >= 0.3 is 5.97 Å². The SMILES string of the molecule is CC(C)(C)OCC(=O)NCC(=O)N[C@@H](CO)C(=O)N[C@@H](CCCCN)C(=O)N[C@@H](CCCCN)C(=O)N[C@@H](CCCCN)C(=O)N[C@@H](CCCCN)C(=O)N[C@@H](CCCCN)C(=O)O. The van der Waals surface area contributed by atoms with Gasteiger partial charge < -0.3 is 80.8 Å². The summed E-state index contributed by atoms with van der Waals surface area (Å²) < 4.78 is 5.37. The summed E-state index contributed by atoms with van der Waals surface area (Å²) in [6.07, 6.45) is 5.12. The predicted molar refractivity (Wildman–Crippen MR) is 240 cm³/mol. The number of nitrogens with two attached hydrogens (primary N) is 5. The minimum absolute atomic E-state index is 0.0648. The number of nitrogens with one attached hydrogen (secondary N) is 7. The average Bonchev–Trinajstić information content (AvgIpc) is 3.24. The Morgan fingerprint density at radius 3 is 1.03 bits per heavy atom. The van der Waals surface area contributed by atoms with Gasteiger partial charge in [0.25, 0.3) is 0 Å². The number of hydrogen-bond acceptors (Lipinski definition) is 15. The quantitative estimate of drug-likeness (QED) is 0.0270. The number of ether oxygens (including phenoxy) is 1. The zero-order chi connectivity index (χ0) is 48.5. The van der Waals surface area contributed by atoms with Gasteiger partial charge in [0.05, 0.1) is 18.8 Å². The van der Waals surface area contributed by atoms with E-state index in [4.69, 9.17) is 33.4 Å². The van der Waals surface area contributed by atoms with Gasteiger partial charge in [-0.1, -0.05) is 0 Å². The fraction of sp³-hybridized carbons (Fsp3) is 0.805. The van der Waals surface area contributed by atoms with Gasteiger partial charge in [0.2, 0.25) is 41.4 Å². The van der Waals surface area contributed by atoms with Crippen LogP contribution in [0.5, 0.6) is 0 Å². The van der Waals surface area contributed by atoms with Crippen LogP contribution in [0.15, 0.2) is 0 Å². The van der Waals surface area contributed by atoms with Crippen molar-refractivity contribution in [3.8, 4) is 0 Å². The van der Waals surface area contributed by atoms with Crippen LogP contribution in [0, 0.1) is 0 Å². The molecule has 23 nitrogen and oxygen atoms in total. The molecule has 0 radical (unpaired) electrons. The molecule has 0 saturated heterocycles. The third-order valence-electron chi connectivity index (χ3n) is 9.80. The molecule has 0 rings (SSSR count). The maximum atomic E-state index is 14.0. The van der Waals surface area contributed by atoms with E-state index in [9.17, 15) is 48.6 Å². The van der Waals surface area contributed by atoms with E-state index in [2.05, 4.69) is 37.2 Å². The molecule has 0 aliphatic heterocycles. The summed E-state index contributed by atoms with van der Waals surface area (Å²) in [6.45, 7) is 5.12. The van der Waals surface area contributed by atoms with Gasteiger partial charge in [-0.15, -0.1) is 0 Å². The molecular weight excluding hydrogens is 837 g/mol. The van der Waals surface area contributed by atoms with Crippen molar-refractivity contribution in [2.75, 3.05) is 52.5 Å². The topological polar surface area (TPSA) is 401 Å². The summed E-state index contributed by atoms with van der Waals surface area (Å²) in [4.78, 5) is 105. The fourth-order valence-corrected chi connectivity index (χ4v) is 6.11. The van der Waals surface area contributed by atoms with Crippen molar-refractivity contribution in [3.63, 3.8) is 0 Å². The molecule has 0 saturated carbocycles. The fourth-order valence-electron chi connectivity index (χ4n) is 6.11. The number of aliphatic hydroxyl groups is 1. The van der Waals surface area contributed by atoms with Crippen LogP contribution >= 0.6 is 0 Å². The smallest absolute Gasteiger partial charge is 0.326 e. The predicted octanol–water partition coefficient (Wildman–Crippen LogP) is -3.45. The third kappa shape index (κ3) is 27.6. The van der Waals surface area contributed by atoms with Crippen molar-refractivity contribution in [2.45, 2.75) is 159 Å². The molecule has 370 valence electrons. The summed E-state index contributed by atoms with van der Waals surface area (Å²) in [5.74, 6) is -6.48. The average molecular weight is 917 g/mol. The molecule has 0 spiro atoms. The Morgan fingerprint density at radius 2 is 0.750 bits per heavy atom. The highest BCUT2D eigenvalue weighted by Gasteiger charge is 2.33. The van der Waals surface area contributed by atoms with Gasteiger partial charge in [-0.05, 0) is 150 Å². The molecule has 0 heterocycles. The highest BCUT2D eigenvalue weighted by molar-refractivity contribution is 5.97. The summed E-state index contributed by atoms with van der Waals surface area (Å²) in [6, 6.07) is -7.59. The number of aliphatic carboxylic acids is 1. The largest absolute Gasteiger partial charge is 0.480 e. The molecular formula is C41H80N12O11. The van der Waals surface area contributed by atoms with E-state index in [0.717, 1.165) is 0 Å². The number of hydrogen-bond donors (Lipinski definition) is 14.